The minimum Gasteiger partial charge on any atom is -0.381 e. The molecule has 0 spiro atoms. The van der Waals surface area contributed by atoms with Crippen LogP contribution in [-0.4, -0.2) is 24.1 Å². The van der Waals surface area contributed by atoms with Crippen LogP contribution < -0.4 is 11.2 Å². The van der Waals surface area contributed by atoms with E-state index in [1.165, 1.54) is 5.01 Å². The van der Waals surface area contributed by atoms with Gasteiger partial charge in [0.1, 0.15) is 0 Å². The van der Waals surface area contributed by atoms with Gasteiger partial charge in [0.05, 0.1) is 0 Å². The van der Waals surface area contributed by atoms with E-state index in [2.05, 4.69) is 10.4 Å². The molecule has 72 valence electrons. The Labute approximate surface area is 74.3 Å². The molecule has 0 saturated carbocycles. The summed E-state index contributed by atoms with van der Waals surface area (Å²) >= 11 is 0. The Morgan fingerprint density at radius 2 is 2.00 bits per heavy atom. The van der Waals surface area contributed by atoms with Crippen LogP contribution in [0.1, 0.15) is 0 Å². The van der Waals surface area contributed by atoms with Crippen LogP contribution in [0.4, 0.5) is 20.4 Å². The average molecular weight is 188 g/mol. The molecule has 0 amide bonds. The van der Waals surface area contributed by atoms with Crippen LogP contribution in [0.25, 0.3) is 0 Å². The Kier molecular flexibility index (Phi) is 2.62. The predicted molar refractivity (Wildman–Crippen MR) is 45.9 cm³/mol. The quantitative estimate of drug-likeness (QED) is 0.675. The molecule has 0 atom stereocenters. The number of nitrogens with zero attached hydrogens (tertiary/aromatic N) is 2. The maximum Gasteiger partial charge on any atom is 0.179 e. The molecule has 0 unspecified atom stereocenters. The van der Waals surface area contributed by atoms with Gasteiger partial charge in [-0.05, 0) is 0 Å². The number of hydrazine groups is 1. The Balaban J connectivity index is 3.01. The van der Waals surface area contributed by atoms with E-state index in [4.69, 9.17) is 5.73 Å². The van der Waals surface area contributed by atoms with E-state index in [0.29, 0.717) is 6.07 Å². The first-order chi connectivity index (χ1) is 6.00. The fourth-order valence-electron chi connectivity index (χ4n) is 0.771. The summed E-state index contributed by atoms with van der Waals surface area (Å²) in [5, 5.41) is 1.47. The summed E-state index contributed by atoms with van der Waals surface area (Å²) in [5.41, 5.74) is 7.70. The molecule has 0 aliphatic heterocycles. The Hall–Kier alpha value is -1.43. The van der Waals surface area contributed by atoms with Gasteiger partial charge in [0, 0.05) is 20.2 Å². The van der Waals surface area contributed by atoms with Crippen LogP contribution >= 0.6 is 0 Å². The van der Waals surface area contributed by atoms with Crippen molar-refractivity contribution in [3.8, 4) is 0 Å². The molecule has 0 saturated heterocycles. The van der Waals surface area contributed by atoms with E-state index in [9.17, 15) is 8.78 Å². The van der Waals surface area contributed by atoms with Crippen LogP contribution in [0.3, 0.4) is 0 Å². The first-order valence-corrected chi connectivity index (χ1v) is 3.56. The van der Waals surface area contributed by atoms with Gasteiger partial charge in [0.15, 0.2) is 23.3 Å². The number of anilines is 2. The Bertz CT molecular complexity index is 314. The van der Waals surface area contributed by atoms with Gasteiger partial charge in [-0.25, -0.2) is 18.8 Å². The molecule has 6 heteroatoms. The van der Waals surface area contributed by atoms with Crippen LogP contribution in [0, 0.1) is 11.6 Å². The number of aromatic nitrogens is 1. The summed E-state index contributed by atoms with van der Waals surface area (Å²) in [4.78, 5) is 3.49. The van der Waals surface area contributed by atoms with Crippen molar-refractivity contribution < 1.29 is 8.78 Å². The van der Waals surface area contributed by atoms with Crippen molar-refractivity contribution in [2.45, 2.75) is 0 Å². The van der Waals surface area contributed by atoms with Gasteiger partial charge in [-0.15, -0.1) is 0 Å². The van der Waals surface area contributed by atoms with Crippen LogP contribution in [-0.2, 0) is 0 Å². The first kappa shape index (κ1) is 9.66. The van der Waals surface area contributed by atoms with Gasteiger partial charge in [-0.1, -0.05) is 0 Å². The predicted octanol–water partition coefficient (Wildman–Crippen LogP) is 0.831. The molecule has 1 aromatic rings. The third-order valence-corrected chi connectivity index (χ3v) is 1.29. The molecule has 0 bridgehead atoms. The fraction of sp³-hybridized carbons (Fsp3) is 0.286. The van der Waals surface area contributed by atoms with Gasteiger partial charge in [-0.3, -0.25) is 0 Å². The number of nitrogens with two attached hydrogens (primary N) is 1. The summed E-state index contributed by atoms with van der Waals surface area (Å²) < 4.78 is 25.6. The largest absolute Gasteiger partial charge is 0.381 e. The third-order valence-electron chi connectivity index (χ3n) is 1.29. The summed E-state index contributed by atoms with van der Waals surface area (Å²) in [7, 11) is 3.31. The molecule has 1 aromatic heterocycles. The molecule has 0 fully saturated rings. The van der Waals surface area contributed by atoms with Crippen LogP contribution in [0.15, 0.2) is 6.07 Å². The zero-order chi connectivity index (χ0) is 10.0. The first-order valence-electron chi connectivity index (χ1n) is 3.56. The zero-order valence-electron chi connectivity index (χ0n) is 7.31. The van der Waals surface area contributed by atoms with Crippen molar-refractivity contribution in [2.75, 3.05) is 25.3 Å². The normalized spacial score (nSPS) is 10.5. The molecule has 1 heterocycles. The molecule has 1 rings (SSSR count). The Morgan fingerprint density at radius 3 is 2.54 bits per heavy atom. The molecule has 0 aromatic carbocycles. The highest BCUT2D eigenvalue weighted by Gasteiger charge is 2.09. The highest BCUT2D eigenvalue weighted by Crippen LogP contribution is 2.16. The van der Waals surface area contributed by atoms with Gasteiger partial charge in [-0.2, -0.15) is 0 Å². The molecule has 13 heavy (non-hydrogen) atoms. The summed E-state index contributed by atoms with van der Waals surface area (Å²) in [6.45, 7) is 0. The lowest BCUT2D eigenvalue weighted by atomic mass is 10.4. The summed E-state index contributed by atoms with van der Waals surface area (Å²) in [6, 6.07) is 0.689. The van der Waals surface area contributed by atoms with E-state index in [-0.39, 0.29) is 11.6 Å². The highest BCUT2D eigenvalue weighted by molar-refractivity contribution is 5.44. The van der Waals surface area contributed by atoms with Crippen molar-refractivity contribution in [1.29, 1.82) is 0 Å². The molecular formula is C7H10F2N4. The van der Waals surface area contributed by atoms with Crippen molar-refractivity contribution >= 4 is 11.6 Å². The number of hydrogen-bond donors (Lipinski definition) is 2. The second kappa shape index (κ2) is 3.53. The molecule has 3 N–H and O–H groups in total. The number of hydrogen-bond acceptors (Lipinski definition) is 4. The number of nitrogen functional groups attached to an aromatic ring is 1. The van der Waals surface area contributed by atoms with E-state index in [1.54, 1.807) is 14.1 Å². The van der Waals surface area contributed by atoms with Crippen molar-refractivity contribution in [3.05, 3.63) is 17.7 Å². The minimum atomic E-state index is -0.859. The van der Waals surface area contributed by atoms with Crippen molar-refractivity contribution in [2.24, 2.45) is 0 Å². The molecule has 0 aliphatic rings. The summed E-state index contributed by atoms with van der Waals surface area (Å²) in [6.07, 6.45) is 0. The maximum atomic E-state index is 12.9. The van der Waals surface area contributed by atoms with Crippen molar-refractivity contribution in [1.82, 2.24) is 9.99 Å². The maximum absolute atomic E-state index is 12.9. The minimum absolute atomic E-state index is 0.0936. The van der Waals surface area contributed by atoms with Gasteiger partial charge < -0.3 is 11.2 Å². The second-order valence-corrected chi connectivity index (χ2v) is 2.69. The molecule has 4 nitrogen and oxygen atoms in total. The number of halogens is 2. The highest BCUT2D eigenvalue weighted by atomic mass is 19.1. The number of pyridine rings is 1. The van der Waals surface area contributed by atoms with Crippen LogP contribution in [0.5, 0.6) is 0 Å². The smallest absolute Gasteiger partial charge is 0.179 e. The summed E-state index contributed by atoms with van der Waals surface area (Å²) in [5.74, 6) is -2.06. The van der Waals surface area contributed by atoms with E-state index in [0.717, 1.165) is 0 Å². The molecule has 0 radical (unpaired) electrons. The third kappa shape index (κ3) is 2.25. The monoisotopic (exact) mass is 188 g/mol. The van der Waals surface area contributed by atoms with E-state index in [1.807, 2.05) is 0 Å². The lowest BCUT2D eigenvalue weighted by Crippen LogP contribution is -2.21. The topological polar surface area (TPSA) is 54.2 Å². The van der Waals surface area contributed by atoms with Gasteiger partial charge >= 0.3 is 0 Å². The molecule has 0 aliphatic carbocycles. The Morgan fingerprint density at radius 1 is 1.38 bits per heavy atom. The van der Waals surface area contributed by atoms with Crippen LogP contribution in [0.2, 0.25) is 0 Å². The number of rotatable bonds is 2. The van der Waals surface area contributed by atoms with Crippen molar-refractivity contribution in [3.63, 3.8) is 0 Å². The van der Waals surface area contributed by atoms with E-state index < -0.39 is 11.6 Å². The lowest BCUT2D eigenvalue weighted by molar-refractivity contribution is 0.480. The number of nitrogens with one attached hydrogen (secondary N) is 1. The SMILES string of the molecule is CN(C)Nc1nc(N)c(F)cc1F. The lowest BCUT2D eigenvalue weighted by Gasteiger charge is -2.13. The standard InChI is InChI=1S/C7H10F2N4/c1-13(2)12-7-5(9)3-4(8)6(10)11-7/h3H,1-2H3,(H3,10,11,12). The second-order valence-electron chi connectivity index (χ2n) is 2.69. The van der Waals surface area contributed by atoms with Gasteiger partial charge in [0.25, 0.3) is 0 Å². The zero-order valence-corrected chi connectivity index (χ0v) is 7.31. The fourth-order valence-corrected chi connectivity index (χ4v) is 0.771. The van der Waals surface area contributed by atoms with Gasteiger partial charge in [0.2, 0.25) is 0 Å². The molecular weight excluding hydrogens is 178 g/mol. The average Bonchev–Trinajstić information content (AvgIpc) is 1.99. The van der Waals surface area contributed by atoms with E-state index >= 15 is 0 Å².